The zero-order valence-corrected chi connectivity index (χ0v) is 56.9. The summed E-state index contributed by atoms with van der Waals surface area (Å²) >= 11 is 0. The van der Waals surface area contributed by atoms with Gasteiger partial charge in [0.1, 0.15) is 17.8 Å². The summed E-state index contributed by atoms with van der Waals surface area (Å²) in [4.78, 5) is 54.2. The molecule has 4 aromatic rings. The Balaban J connectivity index is 0.00000210. The Bertz CT molecular complexity index is 2420. The van der Waals surface area contributed by atoms with Gasteiger partial charge in [-0.15, -0.1) is 0 Å². The molecule has 484 valence electrons. The number of hydrogen-bond donors (Lipinski definition) is 4. The van der Waals surface area contributed by atoms with Gasteiger partial charge in [-0.2, -0.15) is 0 Å². The number of allylic oxidation sites excluding steroid dienone is 2. The summed E-state index contributed by atoms with van der Waals surface area (Å²) in [5.41, 5.74) is 13.8. The lowest BCUT2D eigenvalue weighted by Crippen LogP contribution is -2.58. The molecule has 2 aliphatic heterocycles. The van der Waals surface area contributed by atoms with Crippen molar-refractivity contribution in [1.29, 1.82) is 0 Å². The number of phenols is 1. The smallest absolute Gasteiger partial charge is 0.290 e. The molecule has 86 heavy (non-hydrogen) atoms. The highest BCUT2D eigenvalue weighted by Gasteiger charge is 2.33. The Morgan fingerprint density at radius 3 is 1.83 bits per heavy atom. The Morgan fingerprint density at radius 2 is 1.38 bits per heavy atom. The van der Waals surface area contributed by atoms with Crippen LogP contribution in [0.25, 0.3) is 22.3 Å². The molecular formula is C73H119N5O8. The lowest BCUT2D eigenvalue weighted by Gasteiger charge is -2.33. The standard InChI is InChI=1S/C48H69N5O5.C7H16.C6H6.C4H8O.C4H10.C3H8.CH2O2/c1-12-16-35-24-42(45(49-28-35)34(9)58-11)44(32(7)13-2)41(21-30(3)4)40-27-37(18-17-33(40)8)38-22-36(23-39(55)26-38)25-43(48(57)53-20-15-14-19-50-53)51-47(56)46(31(5)6)52(10)29-54;1-4-6-7(3)5-2;1-2-4-6-5-3-1;1-2-4-5-3-1;1-3-4-2;1-3-2;2-1-3/h17-18,22-24,26-32,34,43,46,50,55H,12-16,19-21,25H2,1-11H3,(H,51,56);7H,4-6H2,1-3H3;1-6H;1-4H2;3-4H2,1-2H3;3H2,1-2H3;1H,(H,2,3)/b44-41+;;;;;;. The molecule has 13 heteroatoms. The summed E-state index contributed by atoms with van der Waals surface area (Å²) in [5, 5.41) is 22.7. The Labute approximate surface area is 522 Å². The minimum atomic E-state index is -0.929. The monoisotopic (exact) mass is 1190 g/mol. The Morgan fingerprint density at radius 1 is 0.779 bits per heavy atom. The Kier molecular flexibility index (Phi) is 44.9. The van der Waals surface area contributed by atoms with E-state index in [0.29, 0.717) is 31.0 Å². The van der Waals surface area contributed by atoms with Gasteiger partial charge in [0.15, 0.2) is 0 Å². The number of hydrogen-bond acceptors (Lipinski definition) is 9. The van der Waals surface area contributed by atoms with E-state index in [-0.39, 0.29) is 42.5 Å². The van der Waals surface area contributed by atoms with Crippen LogP contribution in [0.4, 0.5) is 0 Å². The van der Waals surface area contributed by atoms with E-state index >= 15 is 0 Å². The SMILES string of the molecule is C1CCOC1.CCC.CCCC.CCCC(C)CC.CCCc1cnc(C(C)OC)c(/C(=C(\CC(C)C)c2cc(-c3cc(O)cc(CC(NC(=O)C(C(C)C)N(C)C=O)C(=O)N4CCCCN4)c3)ccc2C)C(C)CC)c1.O=CO.c1ccccc1. The first kappa shape index (κ1) is 80.1. The van der Waals surface area contributed by atoms with Crippen molar-refractivity contribution in [3.63, 3.8) is 0 Å². The fourth-order valence-corrected chi connectivity index (χ4v) is 9.76. The minimum absolute atomic E-state index is 0.0687. The van der Waals surface area contributed by atoms with Crippen LogP contribution in [0.1, 0.15) is 227 Å². The van der Waals surface area contributed by atoms with Gasteiger partial charge in [-0.1, -0.05) is 196 Å². The summed E-state index contributed by atoms with van der Waals surface area (Å²) in [6.45, 7) is 37.6. The number of carboxylic acid groups (broad SMARTS) is 1. The first-order valence-corrected chi connectivity index (χ1v) is 32.6. The number of nitrogens with zero attached hydrogens (tertiary/aromatic N) is 3. The minimum Gasteiger partial charge on any atom is -0.508 e. The number of likely N-dealkylation sites (N-methyl/N-ethyl adjacent to an activating group) is 1. The van der Waals surface area contributed by atoms with Crippen LogP contribution >= 0.6 is 0 Å². The van der Waals surface area contributed by atoms with E-state index in [0.717, 1.165) is 91.2 Å². The van der Waals surface area contributed by atoms with Gasteiger partial charge in [0.2, 0.25) is 12.3 Å². The van der Waals surface area contributed by atoms with Crippen LogP contribution in [0.3, 0.4) is 0 Å². The molecule has 0 bridgehead atoms. The van der Waals surface area contributed by atoms with Crippen LogP contribution in [0, 0.1) is 30.6 Å². The third-order valence-electron chi connectivity index (χ3n) is 14.9. The van der Waals surface area contributed by atoms with Gasteiger partial charge in [0.25, 0.3) is 12.4 Å². The lowest BCUT2D eigenvalue weighted by atomic mass is 9.79. The van der Waals surface area contributed by atoms with Crippen molar-refractivity contribution in [1.82, 2.24) is 25.6 Å². The molecule has 13 nitrogen and oxygen atoms in total. The first-order chi connectivity index (χ1) is 41.2. The van der Waals surface area contributed by atoms with E-state index in [1.54, 1.807) is 31.3 Å². The molecule has 3 amide bonds. The second kappa shape index (κ2) is 48.2. The van der Waals surface area contributed by atoms with Crippen LogP contribution < -0.4 is 10.7 Å². The zero-order valence-electron chi connectivity index (χ0n) is 56.9. The van der Waals surface area contributed by atoms with Crippen molar-refractivity contribution in [2.75, 3.05) is 40.5 Å². The predicted octanol–water partition coefficient (Wildman–Crippen LogP) is 16.9. The van der Waals surface area contributed by atoms with Crippen LogP contribution in [0.2, 0.25) is 0 Å². The molecule has 2 aliphatic rings. The summed E-state index contributed by atoms with van der Waals surface area (Å²) in [6, 6.07) is 24.5. The molecule has 3 aromatic carbocycles. The van der Waals surface area contributed by atoms with E-state index in [2.05, 4.69) is 132 Å². The van der Waals surface area contributed by atoms with Gasteiger partial charge in [-0.05, 0) is 151 Å². The number of aromatic nitrogens is 1. The number of carbonyl (C=O) groups is 4. The number of nitrogens with one attached hydrogen (secondary N) is 2. The molecule has 0 radical (unpaired) electrons. The average Bonchev–Trinajstić information content (AvgIpc) is 1.27. The van der Waals surface area contributed by atoms with Crippen LogP contribution in [-0.4, -0.2) is 102 Å². The number of hydrazine groups is 1. The second-order valence-corrected chi connectivity index (χ2v) is 23.5. The number of pyridine rings is 1. The van der Waals surface area contributed by atoms with Crippen molar-refractivity contribution in [2.24, 2.45) is 23.7 Å². The fraction of sp³-hybridized carbons (Fsp3) is 0.603. The summed E-state index contributed by atoms with van der Waals surface area (Å²) in [7, 11) is 3.31. The van der Waals surface area contributed by atoms with Crippen LogP contribution in [-0.2, 0) is 41.5 Å². The quantitative estimate of drug-likeness (QED) is 0.0524. The number of aromatic hydroxyl groups is 1. The molecule has 3 heterocycles. The van der Waals surface area contributed by atoms with Gasteiger partial charge < -0.3 is 29.9 Å². The molecule has 4 N–H and O–H groups in total. The summed E-state index contributed by atoms with van der Waals surface area (Å²) in [6.07, 6.45) is 18.7. The van der Waals surface area contributed by atoms with Gasteiger partial charge in [-0.3, -0.25) is 29.2 Å². The number of rotatable bonds is 23. The van der Waals surface area contributed by atoms with Crippen molar-refractivity contribution in [3.05, 3.63) is 119 Å². The van der Waals surface area contributed by atoms with Gasteiger partial charge in [0.05, 0.1) is 11.8 Å². The first-order valence-electron chi connectivity index (χ1n) is 32.6. The number of carbonyl (C=O) groups excluding carboxylic acids is 3. The number of amides is 3. The molecular weight excluding hydrogens is 1070 g/mol. The zero-order chi connectivity index (χ0) is 65.0. The number of methoxy groups -OCH3 is 1. The summed E-state index contributed by atoms with van der Waals surface area (Å²) < 4.78 is 10.8. The summed E-state index contributed by atoms with van der Waals surface area (Å²) in [5.74, 6) is 0.802. The number of ether oxygens (including phenoxy) is 2. The maximum absolute atomic E-state index is 14.0. The van der Waals surface area contributed by atoms with Crippen molar-refractivity contribution < 1.29 is 38.9 Å². The Hall–Kier alpha value is -5.89. The second-order valence-electron chi connectivity index (χ2n) is 23.5. The van der Waals surface area contributed by atoms with Crippen LogP contribution in [0.5, 0.6) is 5.75 Å². The van der Waals surface area contributed by atoms with Crippen molar-refractivity contribution in [2.45, 2.75) is 225 Å². The van der Waals surface area contributed by atoms with Gasteiger partial charge in [0, 0.05) is 58.6 Å². The van der Waals surface area contributed by atoms with Gasteiger partial charge in [-0.25, -0.2) is 5.43 Å². The van der Waals surface area contributed by atoms with Crippen molar-refractivity contribution in [3.8, 4) is 16.9 Å². The van der Waals surface area contributed by atoms with Gasteiger partial charge >= 0.3 is 0 Å². The third kappa shape index (κ3) is 31.1. The molecule has 6 rings (SSSR count). The number of unbranched alkanes of at least 4 members (excludes halogenated alkanes) is 1. The maximum atomic E-state index is 14.0. The average molecular weight is 1190 g/mol. The molecule has 5 unspecified atom stereocenters. The van der Waals surface area contributed by atoms with Crippen molar-refractivity contribution >= 4 is 35.8 Å². The molecule has 0 spiro atoms. The molecule has 2 saturated heterocycles. The highest BCUT2D eigenvalue weighted by atomic mass is 16.5. The molecule has 2 fully saturated rings. The lowest BCUT2D eigenvalue weighted by molar-refractivity contribution is -0.142. The van der Waals surface area contributed by atoms with E-state index in [9.17, 15) is 19.5 Å². The normalized spacial score (nSPS) is 14.4. The highest BCUT2D eigenvalue weighted by molar-refractivity contribution is 5.94. The molecule has 0 aliphatic carbocycles. The predicted molar refractivity (Wildman–Crippen MR) is 361 cm³/mol. The number of benzene rings is 3. The van der Waals surface area contributed by atoms with E-state index in [1.807, 2.05) is 62.5 Å². The van der Waals surface area contributed by atoms with E-state index in [1.165, 1.54) is 73.0 Å². The maximum Gasteiger partial charge on any atom is 0.290 e. The largest absolute Gasteiger partial charge is 0.508 e. The number of aryl methyl sites for hydroxylation is 2. The highest BCUT2D eigenvalue weighted by Crippen LogP contribution is 2.42. The molecule has 1 aromatic heterocycles. The topological polar surface area (TPSA) is 171 Å². The molecule has 0 saturated carbocycles. The third-order valence-corrected chi connectivity index (χ3v) is 14.9. The van der Waals surface area contributed by atoms with E-state index in [4.69, 9.17) is 24.4 Å². The molecule has 5 atom stereocenters. The fourth-order valence-electron chi connectivity index (χ4n) is 9.76. The van der Waals surface area contributed by atoms with Crippen LogP contribution in [0.15, 0.2) is 85.1 Å². The van der Waals surface area contributed by atoms with E-state index < -0.39 is 18.0 Å². The number of phenolic OH excluding ortho intramolecular Hbond substituents is 1.